The summed E-state index contributed by atoms with van der Waals surface area (Å²) >= 11 is 0. The molecule has 0 aliphatic carbocycles. The maximum Gasteiger partial charge on any atom is 0.124 e. The molecule has 0 spiro atoms. The summed E-state index contributed by atoms with van der Waals surface area (Å²) in [6.07, 6.45) is 6.67. The third-order valence-corrected chi connectivity index (χ3v) is 6.55. The fourth-order valence-electron chi connectivity index (χ4n) is 4.53. The number of anilines is 2. The van der Waals surface area contributed by atoms with Crippen LogP contribution in [-0.4, -0.2) is 66.3 Å². The summed E-state index contributed by atoms with van der Waals surface area (Å²) in [7, 11) is 3.33. The van der Waals surface area contributed by atoms with Crippen molar-refractivity contribution in [2.24, 2.45) is 0 Å². The van der Waals surface area contributed by atoms with Gasteiger partial charge in [0, 0.05) is 67.1 Å². The monoisotopic (exact) mass is 502 g/mol. The van der Waals surface area contributed by atoms with Crippen LogP contribution in [0.15, 0.2) is 55.0 Å². The van der Waals surface area contributed by atoms with Gasteiger partial charge in [-0.2, -0.15) is 5.10 Å². The largest absolute Gasteiger partial charge is 0.497 e. The number of benzene rings is 2. The van der Waals surface area contributed by atoms with Gasteiger partial charge in [0.1, 0.15) is 11.5 Å². The van der Waals surface area contributed by atoms with Gasteiger partial charge >= 0.3 is 0 Å². The van der Waals surface area contributed by atoms with Crippen LogP contribution >= 0.6 is 0 Å². The van der Waals surface area contributed by atoms with Crippen LogP contribution in [0.25, 0.3) is 22.3 Å². The highest BCUT2D eigenvalue weighted by Crippen LogP contribution is 2.34. The predicted octanol–water partition coefficient (Wildman–Crippen LogP) is 4.61. The molecule has 0 saturated carbocycles. The highest BCUT2D eigenvalue weighted by atomic mass is 16.5. The Balaban J connectivity index is 1.50. The lowest BCUT2D eigenvalue weighted by molar-refractivity contribution is 0.184. The molecule has 1 aliphatic heterocycles. The summed E-state index contributed by atoms with van der Waals surface area (Å²) in [6, 6.07) is 12.8. The second kappa shape index (κ2) is 11.1. The first-order valence-electron chi connectivity index (χ1n) is 12.7. The van der Waals surface area contributed by atoms with Gasteiger partial charge < -0.3 is 24.4 Å². The number of nitrogens with one attached hydrogen (secondary N) is 1. The highest BCUT2D eigenvalue weighted by molar-refractivity contribution is 5.82. The Bertz CT molecular complexity index is 1330. The average Bonchev–Trinajstić information content (AvgIpc) is 3.63. The molecule has 1 atom stereocenters. The van der Waals surface area contributed by atoms with Crippen LogP contribution in [0.1, 0.15) is 26.3 Å². The molecule has 5 rings (SSSR count). The number of hydrogen-bond donors (Lipinski definition) is 1. The van der Waals surface area contributed by atoms with E-state index in [4.69, 9.17) is 19.2 Å². The smallest absolute Gasteiger partial charge is 0.124 e. The Kier molecular flexibility index (Phi) is 7.52. The molecule has 0 amide bonds. The molecule has 1 aliphatic rings. The van der Waals surface area contributed by atoms with E-state index in [-0.39, 0.29) is 6.04 Å². The first kappa shape index (κ1) is 25.0. The number of methoxy groups -OCH3 is 2. The lowest BCUT2D eigenvalue weighted by Crippen LogP contribution is -2.32. The van der Waals surface area contributed by atoms with Crippen LogP contribution in [-0.2, 0) is 4.74 Å². The average molecular weight is 503 g/mol. The van der Waals surface area contributed by atoms with E-state index >= 15 is 0 Å². The third kappa shape index (κ3) is 5.68. The molecule has 1 fully saturated rings. The van der Waals surface area contributed by atoms with E-state index in [0.29, 0.717) is 12.6 Å². The second-order valence-electron chi connectivity index (χ2n) is 9.49. The van der Waals surface area contributed by atoms with Gasteiger partial charge in [0.05, 0.1) is 56.0 Å². The molecule has 9 heteroatoms. The number of fused-ring (bicyclic) bond motifs is 1. The molecule has 1 N–H and O–H groups in total. The number of rotatable bonds is 10. The van der Waals surface area contributed by atoms with Crippen LogP contribution in [0.4, 0.5) is 11.4 Å². The van der Waals surface area contributed by atoms with E-state index in [1.807, 2.05) is 47.5 Å². The molecule has 194 valence electrons. The fraction of sp³-hybridized carbons (Fsp3) is 0.393. The summed E-state index contributed by atoms with van der Waals surface area (Å²) in [4.78, 5) is 11.9. The number of nitrogens with zero attached hydrogens (tertiary/aromatic N) is 5. The van der Waals surface area contributed by atoms with Crippen molar-refractivity contribution in [1.82, 2.24) is 25.1 Å². The van der Waals surface area contributed by atoms with Crippen molar-refractivity contribution in [3.63, 3.8) is 0 Å². The van der Waals surface area contributed by atoms with Crippen molar-refractivity contribution in [3.8, 4) is 22.8 Å². The Morgan fingerprint density at radius 2 is 1.86 bits per heavy atom. The van der Waals surface area contributed by atoms with E-state index in [0.717, 1.165) is 71.3 Å². The van der Waals surface area contributed by atoms with Gasteiger partial charge in [-0.1, -0.05) is 13.8 Å². The molecular formula is C28H34N6O3. The van der Waals surface area contributed by atoms with Crippen LogP contribution < -0.4 is 19.7 Å². The standard InChI is InChI=1S/C28H34N6O3/c1-19(2)29-8-9-33(23-11-24(35-3)14-25(12-23)36-4)21-5-6-26-27(13-21)32-28(16-30-26)20-15-31-34(17-20)22-7-10-37-18-22/h5-6,11-17,19,22,29H,7-10,18H2,1-4H3. The lowest BCUT2D eigenvalue weighted by atomic mass is 10.2. The van der Waals surface area contributed by atoms with Crippen molar-refractivity contribution < 1.29 is 14.2 Å². The van der Waals surface area contributed by atoms with Gasteiger partial charge in [-0.05, 0) is 24.6 Å². The number of aromatic nitrogens is 4. The van der Waals surface area contributed by atoms with Crippen LogP contribution in [0, 0.1) is 0 Å². The highest BCUT2D eigenvalue weighted by Gasteiger charge is 2.19. The molecule has 9 nitrogen and oxygen atoms in total. The molecular weight excluding hydrogens is 468 g/mol. The minimum absolute atomic E-state index is 0.279. The second-order valence-corrected chi connectivity index (χ2v) is 9.49. The van der Waals surface area contributed by atoms with Gasteiger partial charge in [-0.25, -0.2) is 4.98 Å². The Morgan fingerprint density at radius 3 is 2.57 bits per heavy atom. The molecule has 2 aromatic heterocycles. The Hall–Kier alpha value is -3.69. The summed E-state index contributed by atoms with van der Waals surface area (Å²) in [5.41, 5.74) is 5.40. The van der Waals surface area contributed by atoms with Crippen LogP contribution in [0.3, 0.4) is 0 Å². The van der Waals surface area contributed by atoms with Crippen molar-refractivity contribution in [2.45, 2.75) is 32.4 Å². The SMILES string of the molecule is COc1cc(OC)cc(N(CCNC(C)C)c2ccc3ncc(-c4cnn(C5CCOC5)c4)nc3c2)c1. The number of ether oxygens (including phenoxy) is 3. The predicted molar refractivity (Wildman–Crippen MR) is 145 cm³/mol. The topological polar surface area (TPSA) is 86.6 Å². The van der Waals surface area contributed by atoms with Gasteiger partial charge in [-0.3, -0.25) is 9.67 Å². The van der Waals surface area contributed by atoms with Gasteiger partial charge in [0.2, 0.25) is 0 Å². The van der Waals surface area contributed by atoms with Gasteiger partial charge in [0.15, 0.2) is 0 Å². The van der Waals surface area contributed by atoms with E-state index < -0.39 is 0 Å². The molecule has 3 heterocycles. The summed E-state index contributed by atoms with van der Waals surface area (Å²) in [5.74, 6) is 1.48. The molecule has 4 aromatic rings. The summed E-state index contributed by atoms with van der Waals surface area (Å²) in [6.45, 7) is 7.33. The zero-order valence-corrected chi connectivity index (χ0v) is 21.8. The lowest BCUT2D eigenvalue weighted by Gasteiger charge is -2.27. The maximum absolute atomic E-state index is 5.54. The zero-order valence-electron chi connectivity index (χ0n) is 21.8. The minimum atomic E-state index is 0.279. The van der Waals surface area contributed by atoms with Crippen molar-refractivity contribution in [3.05, 3.63) is 55.0 Å². The third-order valence-electron chi connectivity index (χ3n) is 6.55. The van der Waals surface area contributed by atoms with Gasteiger partial charge in [-0.15, -0.1) is 0 Å². The first-order chi connectivity index (χ1) is 18.0. The zero-order chi connectivity index (χ0) is 25.8. The molecule has 0 radical (unpaired) electrons. The molecule has 0 bridgehead atoms. The summed E-state index contributed by atoms with van der Waals surface area (Å²) < 4.78 is 18.6. The quantitative estimate of drug-likeness (QED) is 0.337. The fourth-order valence-corrected chi connectivity index (χ4v) is 4.53. The van der Waals surface area contributed by atoms with Gasteiger partial charge in [0.25, 0.3) is 0 Å². The molecule has 37 heavy (non-hydrogen) atoms. The van der Waals surface area contributed by atoms with E-state index in [2.05, 4.69) is 46.3 Å². The molecule has 2 aromatic carbocycles. The maximum atomic E-state index is 5.54. The van der Waals surface area contributed by atoms with Crippen molar-refractivity contribution >= 4 is 22.4 Å². The normalized spacial score (nSPS) is 15.4. The first-order valence-corrected chi connectivity index (χ1v) is 12.7. The molecule has 1 unspecified atom stereocenters. The van der Waals surface area contributed by atoms with Crippen LogP contribution in [0.5, 0.6) is 11.5 Å². The van der Waals surface area contributed by atoms with E-state index in [1.54, 1.807) is 14.2 Å². The Morgan fingerprint density at radius 1 is 1.05 bits per heavy atom. The molecule has 1 saturated heterocycles. The summed E-state index contributed by atoms with van der Waals surface area (Å²) in [5, 5.41) is 8.07. The van der Waals surface area contributed by atoms with Crippen molar-refractivity contribution in [2.75, 3.05) is 45.4 Å². The number of hydrogen-bond acceptors (Lipinski definition) is 8. The van der Waals surface area contributed by atoms with Crippen LogP contribution in [0.2, 0.25) is 0 Å². The van der Waals surface area contributed by atoms with E-state index in [1.165, 1.54) is 0 Å². The van der Waals surface area contributed by atoms with E-state index in [9.17, 15) is 0 Å². The minimum Gasteiger partial charge on any atom is -0.497 e. The van der Waals surface area contributed by atoms with Crippen molar-refractivity contribution in [1.29, 1.82) is 0 Å². The Labute approximate surface area is 217 Å².